The monoisotopic (exact) mass is 398 g/mol. The van der Waals surface area contributed by atoms with E-state index >= 15 is 0 Å². The van der Waals surface area contributed by atoms with Crippen molar-refractivity contribution in [2.45, 2.75) is 10.1 Å². The lowest BCUT2D eigenvalue weighted by atomic mass is 10.2. The standard InChI is InChI=1S/C15H18N4O5S2/c1-18-14(16-17-15(18)25-10-13(20)21)11-2-4-12(5-3-11)26(22,23)19-6-8-24-9-7-19/h2-5H,6-10H2,1H3,(H,20,21). The molecular weight excluding hydrogens is 380 g/mol. The highest BCUT2D eigenvalue weighted by atomic mass is 32.2. The first-order chi connectivity index (χ1) is 12.4. The van der Waals surface area contributed by atoms with Crippen LogP contribution in [-0.2, 0) is 26.6 Å². The summed E-state index contributed by atoms with van der Waals surface area (Å²) in [5.41, 5.74) is 0.697. The fraction of sp³-hybridized carbons (Fsp3) is 0.400. The highest BCUT2D eigenvalue weighted by Crippen LogP contribution is 2.25. The molecule has 26 heavy (non-hydrogen) atoms. The molecule has 140 valence electrons. The van der Waals surface area contributed by atoms with E-state index in [2.05, 4.69) is 10.2 Å². The Kier molecular flexibility index (Phi) is 5.61. The first-order valence-corrected chi connectivity index (χ1v) is 10.2. The molecule has 0 spiro atoms. The fourth-order valence-corrected chi connectivity index (χ4v) is 4.57. The van der Waals surface area contributed by atoms with Gasteiger partial charge in [-0.15, -0.1) is 10.2 Å². The SMILES string of the molecule is Cn1c(SCC(=O)O)nnc1-c1ccc(S(=O)(=O)N2CCOCC2)cc1. The van der Waals surface area contributed by atoms with E-state index in [-0.39, 0.29) is 10.6 Å². The summed E-state index contributed by atoms with van der Waals surface area (Å²) in [5, 5.41) is 17.3. The topological polar surface area (TPSA) is 115 Å². The average Bonchev–Trinajstić information content (AvgIpc) is 3.01. The van der Waals surface area contributed by atoms with Crippen LogP contribution in [0.3, 0.4) is 0 Å². The third kappa shape index (κ3) is 3.90. The molecule has 0 radical (unpaired) electrons. The molecule has 0 bridgehead atoms. The number of morpholine rings is 1. The van der Waals surface area contributed by atoms with Gasteiger partial charge in [0.25, 0.3) is 0 Å². The van der Waals surface area contributed by atoms with Crippen LogP contribution in [-0.4, -0.2) is 70.6 Å². The smallest absolute Gasteiger partial charge is 0.313 e. The summed E-state index contributed by atoms with van der Waals surface area (Å²) < 4.78 is 33.6. The highest BCUT2D eigenvalue weighted by molar-refractivity contribution is 7.99. The second-order valence-corrected chi connectivity index (χ2v) is 8.47. The molecule has 3 rings (SSSR count). The summed E-state index contributed by atoms with van der Waals surface area (Å²) in [7, 11) is -1.81. The van der Waals surface area contributed by atoms with Crippen molar-refractivity contribution in [1.82, 2.24) is 19.1 Å². The number of aliphatic carboxylic acids is 1. The van der Waals surface area contributed by atoms with Crippen molar-refractivity contribution in [3.63, 3.8) is 0 Å². The van der Waals surface area contributed by atoms with Gasteiger partial charge in [0.05, 0.1) is 23.9 Å². The van der Waals surface area contributed by atoms with Crippen molar-refractivity contribution in [1.29, 1.82) is 0 Å². The molecule has 9 nitrogen and oxygen atoms in total. The van der Waals surface area contributed by atoms with E-state index in [1.807, 2.05) is 0 Å². The Morgan fingerprint density at radius 1 is 1.23 bits per heavy atom. The zero-order valence-electron chi connectivity index (χ0n) is 14.0. The van der Waals surface area contributed by atoms with Gasteiger partial charge in [-0.25, -0.2) is 8.42 Å². The number of aromatic nitrogens is 3. The number of benzene rings is 1. The van der Waals surface area contributed by atoms with Crippen LogP contribution in [0.1, 0.15) is 0 Å². The lowest BCUT2D eigenvalue weighted by molar-refractivity contribution is -0.133. The number of hydrogen-bond acceptors (Lipinski definition) is 7. The van der Waals surface area contributed by atoms with Crippen molar-refractivity contribution < 1.29 is 23.1 Å². The highest BCUT2D eigenvalue weighted by Gasteiger charge is 2.26. The van der Waals surface area contributed by atoms with E-state index in [0.29, 0.717) is 42.8 Å². The predicted octanol–water partition coefficient (Wildman–Crippen LogP) is 0.680. The second-order valence-electron chi connectivity index (χ2n) is 5.59. The fourth-order valence-electron chi connectivity index (χ4n) is 2.53. The molecule has 2 aromatic rings. The number of carboxylic acid groups (broad SMARTS) is 1. The van der Waals surface area contributed by atoms with E-state index in [1.54, 1.807) is 35.9 Å². The summed E-state index contributed by atoms with van der Waals surface area (Å²) in [4.78, 5) is 10.9. The van der Waals surface area contributed by atoms with Gasteiger partial charge in [0, 0.05) is 25.7 Å². The van der Waals surface area contributed by atoms with Gasteiger partial charge in [0.1, 0.15) is 0 Å². The van der Waals surface area contributed by atoms with Gasteiger partial charge < -0.3 is 14.4 Å². The summed E-state index contributed by atoms with van der Waals surface area (Å²) in [6.07, 6.45) is 0. The molecule has 0 amide bonds. The normalized spacial score (nSPS) is 15.9. The summed E-state index contributed by atoms with van der Waals surface area (Å²) >= 11 is 1.07. The van der Waals surface area contributed by atoms with Gasteiger partial charge in [0.2, 0.25) is 10.0 Å². The maximum Gasteiger partial charge on any atom is 0.313 e. The Hall–Kier alpha value is -1.95. The minimum absolute atomic E-state index is 0.108. The maximum atomic E-state index is 12.6. The molecule has 11 heteroatoms. The number of nitrogens with zero attached hydrogens (tertiary/aromatic N) is 4. The first-order valence-electron chi connectivity index (χ1n) is 7.82. The van der Waals surface area contributed by atoms with Crippen LogP contribution in [0, 0.1) is 0 Å². The van der Waals surface area contributed by atoms with Gasteiger partial charge >= 0.3 is 5.97 Å². The quantitative estimate of drug-likeness (QED) is 0.707. The predicted molar refractivity (Wildman–Crippen MR) is 94.4 cm³/mol. The molecule has 1 aliphatic rings. The molecule has 1 N–H and O–H groups in total. The third-order valence-corrected chi connectivity index (χ3v) is 6.80. The van der Waals surface area contributed by atoms with Crippen LogP contribution in [0.15, 0.2) is 34.3 Å². The Labute approximate surface area is 155 Å². The van der Waals surface area contributed by atoms with Crippen molar-refractivity contribution in [3.8, 4) is 11.4 Å². The molecular formula is C15H18N4O5S2. The Morgan fingerprint density at radius 2 is 1.88 bits per heavy atom. The lowest BCUT2D eigenvalue weighted by Gasteiger charge is -2.26. The van der Waals surface area contributed by atoms with Gasteiger partial charge in [-0.3, -0.25) is 4.79 Å². The number of rotatable bonds is 6. The van der Waals surface area contributed by atoms with E-state index < -0.39 is 16.0 Å². The first kappa shape index (κ1) is 18.8. The minimum Gasteiger partial charge on any atom is -0.481 e. The van der Waals surface area contributed by atoms with Gasteiger partial charge in [-0.2, -0.15) is 4.31 Å². The Bertz CT molecular complexity index is 889. The number of sulfonamides is 1. The Morgan fingerprint density at radius 3 is 2.50 bits per heavy atom. The molecule has 0 aliphatic carbocycles. The van der Waals surface area contributed by atoms with Crippen LogP contribution in [0.2, 0.25) is 0 Å². The third-order valence-electron chi connectivity index (χ3n) is 3.88. The van der Waals surface area contributed by atoms with Crippen LogP contribution >= 0.6 is 11.8 Å². The summed E-state index contributed by atoms with van der Waals surface area (Å²) in [6, 6.07) is 6.42. The molecule has 1 aliphatic heterocycles. The van der Waals surface area contributed by atoms with Crippen molar-refractivity contribution in [3.05, 3.63) is 24.3 Å². The molecule has 1 saturated heterocycles. The second kappa shape index (κ2) is 7.74. The Balaban J connectivity index is 1.80. The number of carboxylic acids is 1. The maximum absolute atomic E-state index is 12.6. The zero-order chi connectivity index (χ0) is 18.7. The minimum atomic E-state index is -3.54. The van der Waals surface area contributed by atoms with Gasteiger partial charge in [0.15, 0.2) is 11.0 Å². The largest absolute Gasteiger partial charge is 0.481 e. The van der Waals surface area contributed by atoms with Crippen LogP contribution in [0.5, 0.6) is 0 Å². The van der Waals surface area contributed by atoms with E-state index in [9.17, 15) is 13.2 Å². The van der Waals surface area contributed by atoms with E-state index in [0.717, 1.165) is 11.8 Å². The number of thioether (sulfide) groups is 1. The molecule has 2 heterocycles. The lowest BCUT2D eigenvalue weighted by Crippen LogP contribution is -2.40. The van der Waals surface area contributed by atoms with Crippen LogP contribution < -0.4 is 0 Å². The molecule has 0 unspecified atom stereocenters. The van der Waals surface area contributed by atoms with Crippen LogP contribution in [0.4, 0.5) is 0 Å². The number of hydrogen-bond donors (Lipinski definition) is 1. The molecule has 1 fully saturated rings. The zero-order valence-corrected chi connectivity index (χ0v) is 15.7. The molecule has 0 atom stereocenters. The van der Waals surface area contributed by atoms with Gasteiger partial charge in [-0.1, -0.05) is 11.8 Å². The summed E-state index contributed by atoms with van der Waals surface area (Å²) in [6.45, 7) is 1.48. The summed E-state index contributed by atoms with van der Waals surface area (Å²) in [5.74, 6) is -0.506. The molecule has 0 saturated carbocycles. The van der Waals surface area contributed by atoms with E-state index in [1.165, 1.54) is 4.31 Å². The number of ether oxygens (including phenoxy) is 1. The molecule has 1 aromatic heterocycles. The van der Waals surface area contributed by atoms with Crippen LogP contribution in [0.25, 0.3) is 11.4 Å². The average molecular weight is 398 g/mol. The van der Waals surface area contributed by atoms with Crippen molar-refractivity contribution in [2.75, 3.05) is 32.1 Å². The number of carbonyl (C=O) groups is 1. The van der Waals surface area contributed by atoms with Gasteiger partial charge in [-0.05, 0) is 24.3 Å². The van der Waals surface area contributed by atoms with Crippen molar-refractivity contribution in [2.24, 2.45) is 7.05 Å². The van der Waals surface area contributed by atoms with E-state index in [4.69, 9.17) is 9.84 Å². The molecule has 1 aromatic carbocycles. The van der Waals surface area contributed by atoms with Crippen molar-refractivity contribution >= 4 is 27.8 Å².